The first-order chi connectivity index (χ1) is 25.2. The number of nitrogens with one attached hydrogen (secondary N) is 1. The molecule has 11 nitrogen and oxygen atoms in total. The zero-order chi connectivity index (χ0) is 39.7. The van der Waals surface area contributed by atoms with Gasteiger partial charge in [0.25, 0.3) is 0 Å². The van der Waals surface area contributed by atoms with Crippen molar-refractivity contribution in [3.63, 3.8) is 0 Å². The van der Waals surface area contributed by atoms with Gasteiger partial charge in [-0.15, -0.1) is 0 Å². The van der Waals surface area contributed by atoms with E-state index < -0.39 is 69.6 Å². The van der Waals surface area contributed by atoms with E-state index in [0.29, 0.717) is 42.9 Å². The number of esters is 2. The number of hydrogen-bond acceptors (Lipinski definition) is 10. The van der Waals surface area contributed by atoms with Gasteiger partial charge in [0.1, 0.15) is 40.3 Å². The molecule has 0 bridgehead atoms. The number of ether oxygens (including phenoxy) is 3. The molecule has 0 saturated carbocycles. The molecule has 1 N–H and O–H groups in total. The highest BCUT2D eigenvalue weighted by atomic mass is 19.1. The van der Waals surface area contributed by atoms with E-state index >= 15 is 4.39 Å². The molecule has 3 aromatic rings. The average Bonchev–Trinajstić information content (AvgIpc) is 3.41. The Morgan fingerprint density at radius 1 is 0.963 bits per heavy atom. The number of halogens is 3. The summed E-state index contributed by atoms with van der Waals surface area (Å²) >= 11 is 0. The molecule has 1 aliphatic heterocycles. The third-order valence-electron chi connectivity index (χ3n) is 8.89. The second kappa shape index (κ2) is 15.8. The topological polar surface area (TPSA) is 137 Å². The number of piperidine rings is 1. The lowest BCUT2D eigenvalue weighted by Crippen LogP contribution is -2.42. The number of rotatable bonds is 9. The summed E-state index contributed by atoms with van der Waals surface area (Å²) in [6, 6.07) is 3.78. The van der Waals surface area contributed by atoms with Crippen LogP contribution >= 0.6 is 0 Å². The molecule has 3 atom stereocenters. The van der Waals surface area contributed by atoms with Crippen LogP contribution in [0.2, 0.25) is 0 Å². The number of amides is 1. The summed E-state index contributed by atoms with van der Waals surface area (Å²) in [5.74, 6) is -4.81. The number of pyridine rings is 2. The minimum atomic E-state index is -1.18. The molecule has 1 amide bonds. The maximum Gasteiger partial charge on any atom is 0.412 e. The molecule has 5 rings (SSSR count). The Hall–Kier alpha value is -5.01. The molecule has 1 aliphatic carbocycles. The largest absolute Gasteiger partial charge is 0.460 e. The fourth-order valence-corrected chi connectivity index (χ4v) is 7.17. The first-order valence-electron chi connectivity index (χ1n) is 18.0. The third-order valence-corrected chi connectivity index (χ3v) is 8.89. The van der Waals surface area contributed by atoms with E-state index in [2.05, 4.69) is 27.1 Å². The van der Waals surface area contributed by atoms with E-state index in [1.165, 1.54) is 13.1 Å². The zero-order valence-corrected chi connectivity index (χ0v) is 31.9. The van der Waals surface area contributed by atoms with Crippen molar-refractivity contribution in [3.8, 4) is 11.3 Å². The van der Waals surface area contributed by atoms with Gasteiger partial charge in [0.15, 0.2) is 11.6 Å². The van der Waals surface area contributed by atoms with Crippen LogP contribution in [0.4, 0.5) is 29.3 Å². The summed E-state index contributed by atoms with van der Waals surface area (Å²) in [6.45, 7) is 14.7. The normalized spacial score (nSPS) is 18.5. The number of carbonyl (C=O) groups is 4. The van der Waals surface area contributed by atoms with Crippen LogP contribution in [0, 0.1) is 29.3 Å². The quantitative estimate of drug-likeness (QED) is 0.130. The van der Waals surface area contributed by atoms with E-state index in [1.807, 2.05) is 20.8 Å². The van der Waals surface area contributed by atoms with Crippen LogP contribution in [0.15, 0.2) is 30.5 Å². The number of nitrogens with zero attached hydrogens (tertiary/aromatic N) is 3. The van der Waals surface area contributed by atoms with Gasteiger partial charge in [-0.25, -0.2) is 22.9 Å². The molecule has 1 unspecified atom stereocenters. The molecule has 0 radical (unpaired) electrons. The van der Waals surface area contributed by atoms with Gasteiger partial charge in [-0.05, 0) is 84.8 Å². The highest BCUT2D eigenvalue weighted by molar-refractivity contribution is 6.04. The van der Waals surface area contributed by atoms with Crippen LogP contribution in [0.5, 0.6) is 0 Å². The van der Waals surface area contributed by atoms with Gasteiger partial charge in [0.05, 0.1) is 23.4 Å². The summed E-state index contributed by atoms with van der Waals surface area (Å²) in [6.07, 6.45) is 1.45. The van der Waals surface area contributed by atoms with Crippen LogP contribution in [-0.2, 0) is 36.6 Å². The fourth-order valence-electron chi connectivity index (χ4n) is 7.17. The second-order valence-corrected chi connectivity index (χ2v) is 16.1. The molecule has 14 heteroatoms. The summed E-state index contributed by atoms with van der Waals surface area (Å²) in [4.78, 5) is 63.0. The molecule has 3 heterocycles. The Bertz CT molecular complexity index is 1940. The van der Waals surface area contributed by atoms with Crippen molar-refractivity contribution >= 4 is 35.2 Å². The number of aromatic nitrogens is 2. The number of fused-ring (bicyclic) bond motifs is 1. The molecular formula is C40H47F3N4O7. The van der Waals surface area contributed by atoms with Crippen molar-refractivity contribution < 1.29 is 46.6 Å². The van der Waals surface area contributed by atoms with Crippen molar-refractivity contribution in [2.45, 2.75) is 105 Å². The van der Waals surface area contributed by atoms with E-state index in [-0.39, 0.29) is 36.3 Å². The van der Waals surface area contributed by atoms with Gasteiger partial charge in [-0.2, -0.15) is 0 Å². The van der Waals surface area contributed by atoms with Gasteiger partial charge in [0.2, 0.25) is 0 Å². The molecule has 290 valence electrons. The first kappa shape index (κ1) is 40.2. The van der Waals surface area contributed by atoms with Crippen LogP contribution < -0.4 is 10.2 Å². The lowest BCUT2D eigenvalue weighted by molar-refractivity contribution is -0.156. The molecule has 2 aliphatic rings. The number of carbonyl (C=O) groups excluding carboxylic acids is 4. The van der Waals surface area contributed by atoms with Crippen LogP contribution in [0.3, 0.4) is 0 Å². The van der Waals surface area contributed by atoms with Crippen molar-refractivity contribution in [1.29, 1.82) is 0 Å². The van der Waals surface area contributed by atoms with Crippen molar-refractivity contribution in [3.05, 3.63) is 70.4 Å². The Morgan fingerprint density at radius 2 is 1.63 bits per heavy atom. The lowest BCUT2D eigenvalue weighted by Gasteiger charge is -2.39. The number of anilines is 2. The van der Waals surface area contributed by atoms with Gasteiger partial charge in [0, 0.05) is 55.5 Å². The number of ketones is 1. The summed E-state index contributed by atoms with van der Waals surface area (Å²) < 4.78 is 62.0. The Kier molecular flexibility index (Phi) is 11.7. The second-order valence-electron chi connectivity index (χ2n) is 16.1. The van der Waals surface area contributed by atoms with E-state index in [0.717, 1.165) is 36.2 Å². The minimum Gasteiger partial charge on any atom is -0.460 e. The highest BCUT2D eigenvalue weighted by Crippen LogP contribution is 2.42. The third kappa shape index (κ3) is 9.74. The standard InChI is InChI=1S/C40H47F3N4O7/c1-21-14-23(15-32(50)53-39(3,4)5)20-47(19-21)37-24(18-44-34-25(37)12-13-31(34)52-22(2)48)16-30(49)36-29(45-38(51)54-40(6,7)8)17-28(43)35(46-36)33-26(41)10-9-11-27(33)42/h9-11,17-18,21,23,31H,12-16,19-20H2,1-8H3,(H,45,51)/t21-,23-,31?/m1/s1. The lowest BCUT2D eigenvalue weighted by atomic mass is 9.87. The predicted molar refractivity (Wildman–Crippen MR) is 194 cm³/mol. The number of Topliss-reactive ketones (excluding diaryl/α,β-unsaturated/α-hetero) is 1. The molecule has 1 fully saturated rings. The maximum atomic E-state index is 15.6. The predicted octanol–water partition coefficient (Wildman–Crippen LogP) is 8.08. The monoisotopic (exact) mass is 752 g/mol. The highest BCUT2D eigenvalue weighted by Gasteiger charge is 2.36. The molecule has 1 saturated heterocycles. The SMILES string of the molecule is CC(=O)OC1CCc2c1ncc(CC(=O)c1nc(-c3c(F)cccc3F)c(F)cc1NC(=O)OC(C)(C)C)c2N1C[C@H](C)C[C@H](CC(=O)OC(C)(C)C)C1. The van der Waals surface area contributed by atoms with Crippen molar-refractivity contribution in [1.82, 2.24) is 9.97 Å². The summed E-state index contributed by atoms with van der Waals surface area (Å²) in [5.41, 5.74) is -1.45. The maximum absolute atomic E-state index is 15.6. The van der Waals surface area contributed by atoms with E-state index in [1.54, 1.807) is 20.8 Å². The smallest absolute Gasteiger partial charge is 0.412 e. The zero-order valence-electron chi connectivity index (χ0n) is 31.9. The van der Waals surface area contributed by atoms with Crippen LogP contribution in [0.1, 0.15) is 108 Å². The van der Waals surface area contributed by atoms with Crippen LogP contribution in [0.25, 0.3) is 11.3 Å². The minimum absolute atomic E-state index is 0.0803. The van der Waals surface area contributed by atoms with Crippen LogP contribution in [-0.4, -0.2) is 58.1 Å². The van der Waals surface area contributed by atoms with E-state index in [9.17, 15) is 28.0 Å². The fraction of sp³-hybridized carbons (Fsp3) is 0.500. The Morgan fingerprint density at radius 3 is 2.26 bits per heavy atom. The van der Waals surface area contributed by atoms with E-state index in [4.69, 9.17) is 14.2 Å². The average molecular weight is 753 g/mol. The Labute approximate surface area is 313 Å². The van der Waals surface area contributed by atoms with Gasteiger partial charge in [-0.1, -0.05) is 13.0 Å². The number of hydrogen-bond donors (Lipinski definition) is 1. The molecule has 1 aromatic carbocycles. The Balaban J connectivity index is 1.58. The summed E-state index contributed by atoms with van der Waals surface area (Å²) in [7, 11) is 0. The van der Waals surface area contributed by atoms with Gasteiger partial charge >= 0.3 is 18.0 Å². The molecular weight excluding hydrogens is 705 g/mol. The molecule has 54 heavy (non-hydrogen) atoms. The molecule has 2 aromatic heterocycles. The van der Waals surface area contributed by atoms with Gasteiger partial charge in [-0.3, -0.25) is 24.7 Å². The van der Waals surface area contributed by atoms with Crippen molar-refractivity contribution in [2.24, 2.45) is 11.8 Å². The number of benzene rings is 1. The summed E-state index contributed by atoms with van der Waals surface area (Å²) in [5, 5.41) is 2.38. The first-order valence-corrected chi connectivity index (χ1v) is 18.0. The van der Waals surface area contributed by atoms with Crippen molar-refractivity contribution in [2.75, 3.05) is 23.3 Å². The van der Waals surface area contributed by atoms with Gasteiger partial charge < -0.3 is 19.1 Å². The molecule has 0 spiro atoms.